The molecule has 1 aromatic carbocycles. The van der Waals surface area contributed by atoms with E-state index in [9.17, 15) is 13.2 Å². The van der Waals surface area contributed by atoms with Crippen molar-refractivity contribution in [2.24, 2.45) is 0 Å². The third-order valence-electron chi connectivity index (χ3n) is 2.33. The van der Waals surface area contributed by atoms with Gasteiger partial charge in [-0.2, -0.15) is 13.2 Å². The van der Waals surface area contributed by atoms with E-state index >= 15 is 0 Å². The molecule has 0 bridgehead atoms. The zero-order chi connectivity index (χ0) is 13.3. The molecule has 0 aliphatic carbocycles. The van der Waals surface area contributed by atoms with Gasteiger partial charge in [0.2, 0.25) is 0 Å². The normalized spacial score (nSPS) is 11.8. The second-order valence-corrected chi connectivity index (χ2v) is 3.88. The largest absolute Gasteiger partial charge is 0.416 e. The van der Waals surface area contributed by atoms with Crippen molar-refractivity contribution < 1.29 is 22.8 Å². The van der Waals surface area contributed by atoms with Crippen molar-refractivity contribution in [1.82, 2.24) is 5.16 Å². The molecule has 0 unspecified atom stereocenters. The van der Waals surface area contributed by atoms with E-state index in [4.69, 9.17) is 21.2 Å². The van der Waals surface area contributed by atoms with Crippen LogP contribution in [0.3, 0.4) is 0 Å². The van der Waals surface area contributed by atoms with Crippen LogP contribution < -0.4 is 0 Å². The Morgan fingerprint density at radius 3 is 2.28 bits per heavy atom. The maximum atomic E-state index is 12.4. The lowest BCUT2D eigenvalue weighted by molar-refractivity contribution is -0.137. The highest BCUT2D eigenvalue weighted by atomic mass is 35.5. The van der Waals surface area contributed by atoms with Crippen molar-refractivity contribution in [2.45, 2.75) is 12.8 Å². The van der Waals surface area contributed by atoms with Crippen LogP contribution in [0.4, 0.5) is 13.2 Å². The van der Waals surface area contributed by atoms with E-state index in [-0.39, 0.29) is 16.5 Å². The summed E-state index contributed by atoms with van der Waals surface area (Å²) in [5.41, 5.74) is -0.167. The fraction of sp³-hybridized carbons (Fsp3) is 0.182. The van der Waals surface area contributed by atoms with E-state index in [1.54, 1.807) is 0 Å². The predicted octanol–water partition coefficient (Wildman–Crippen LogP) is 3.51. The van der Waals surface area contributed by atoms with Crippen LogP contribution in [-0.4, -0.2) is 10.3 Å². The molecule has 2 aromatic rings. The van der Waals surface area contributed by atoms with Gasteiger partial charge in [-0.05, 0) is 12.1 Å². The molecule has 7 heteroatoms. The molecular formula is C11H7ClF3NO2. The van der Waals surface area contributed by atoms with Gasteiger partial charge >= 0.3 is 6.18 Å². The van der Waals surface area contributed by atoms with Crippen LogP contribution >= 0.6 is 11.6 Å². The van der Waals surface area contributed by atoms with E-state index in [1.165, 1.54) is 12.1 Å². The lowest BCUT2D eigenvalue weighted by Gasteiger charge is -2.06. The molecular weight excluding hydrogens is 271 g/mol. The number of aliphatic hydroxyl groups excluding tert-OH is 1. The average Bonchev–Trinajstić information content (AvgIpc) is 2.69. The van der Waals surface area contributed by atoms with E-state index in [0.717, 1.165) is 12.1 Å². The molecule has 1 heterocycles. The summed E-state index contributed by atoms with van der Waals surface area (Å²) < 4.78 is 41.8. The highest BCUT2D eigenvalue weighted by molar-refractivity contribution is 6.33. The Bertz CT molecular complexity index is 548. The second-order valence-electron chi connectivity index (χ2n) is 3.50. The molecule has 0 spiro atoms. The minimum Gasteiger partial charge on any atom is -0.388 e. The van der Waals surface area contributed by atoms with E-state index in [2.05, 4.69) is 5.16 Å². The predicted molar refractivity (Wildman–Crippen MR) is 57.9 cm³/mol. The maximum absolute atomic E-state index is 12.4. The zero-order valence-corrected chi connectivity index (χ0v) is 9.59. The molecule has 0 aliphatic rings. The van der Waals surface area contributed by atoms with Gasteiger partial charge in [0.15, 0.2) is 5.76 Å². The summed E-state index contributed by atoms with van der Waals surface area (Å²) in [7, 11) is 0. The molecule has 96 valence electrons. The number of aliphatic hydroxyl groups is 1. The first kappa shape index (κ1) is 12.9. The first-order valence-electron chi connectivity index (χ1n) is 4.86. The molecule has 18 heavy (non-hydrogen) atoms. The summed E-state index contributed by atoms with van der Waals surface area (Å²) in [5, 5.41) is 12.6. The fourth-order valence-corrected chi connectivity index (χ4v) is 1.65. The number of hydrogen-bond acceptors (Lipinski definition) is 3. The molecule has 3 nitrogen and oxygen atoms in total. The van der Waals surface area contributed by atoms with Crippen LogP contribution in [0.25, 0.3) is 11.3 Å². The van der Waals surface area contributed by atoms with Gasteiger partial charge in [0.1, 0.15) is 17.3 Å². The Hall–Kier alpha value is -1.53. The Kier molecular flexibility index (Phi) is 3.32. The first-order chi connectivity index (χ1) is 8.43. The highest BCUT2D eigenvalue weighted by Gasteiger charge is 2.30. The number of aromatic nitrogens is 1. The number of benzene rings is 1. The van der Waals surface area contributed by atoms with Crippen molar-refractivity contribution in [3.05, 3.63) is 40.6 Å². The van der Waals surface area contributed by atoms with Gasteiger partial charge in [0.25, 0.3) is 0 Å². The number of nitrogens with zero attached hydrogens (tertiary/aromatic N) is 1. The maximum Gasteiger partial charge on any atom is 0.416 e. The van der Waals surface area contributed by atoms with Crippen LogP contribution in [-0.2, 0) is 12.8 Å². The highest BCUT2D eigenvalue weighted by Crippen LogP contribution is 2.33. The Morgan fingerprint density at radius 1 is 1.22 bits per heavy atom. The fourth-order valence-electron chi connectivity index (χ4n) is 1.41. The number of rotatable bonds is 2. The van der Waals surface area contributed by atoms with Crippen LogP contribution in [0, 0.1) is 0 Å². The molecule has 0 radical (unpaired) electrons. The van der Waals surface area contributed by atoms with Crippen molar-refractivity contribution in [3.63, 3.8) is 0 Å². The number of halogens is 4. The topological polar surface area (TPSA) is 46.3 Å². The summed E-state index contributed by atoms with van der Waals surface area (Å²) in [4.78, 5) is 0. The lowest BCUT2D eigenvalue weighted by atomic mass is 10.1. The van der Waals surface area contributed by atoms with E-state index in [1.807, 2.05) is 0 Å². The summed E-state index contributed by atoms with van der Waals surface area (Å²) >= 11 is 5.85. The minimum absolute atomic E-state index is 0.0755. The second kappa shape index (κ2) is 4.62. The number of alkyl halides is 3. The summed E-state index contributed by atoms with van der Waals surface area (Å²) in [6, 6.07) is 4.35. The van der Waals surface area contributed by atoms with Crippen molar-refractivity contribution in [1.29, 1.82) is 0 Å². The van der Waals surface area contributed by atoms with Gasteiger partial charge in [-0.25, -0.2) is 0 Å². The summed E-state index contributed by atoms with van der Waals surface area (Å²) in [6.07, 6.45) is -4.39. The van der Waals surface area contributed by atoms with Crippen molar-refractivity contribution in [3.8, 4) is 11.3 Å². The first-order valence-corrected chi connectivity index (χ1v) is 5.24. The van der Waals surface area contributed by atoms with Crippen LogP contribution in [0.15, 0.2) is 28.8 Å². The van der Waals surface area contributed by atoms with E-state index < -0.39 is 18.3 Å². The Labute approximate surface area is 105 Å². The van der Waals surface area contributed by atoms with Gasteiger partial charge in [0, 0.05) is 5.56 Å². The third kappa shape index (κ3) is 2.34. The standard InChI is InChI=1S/C11H7ClF3NO2/c12-9-8(5-17)18-16-10(9)6-1-3-7(4-2-6)11(13,14)15/h1-4,17H,5H2. The van der Waals surface area contributed by atoms with Crippen LogP contribution in [0.1, 0.15) is 11.3 Å². The molecule has 0 saturated carbocycles. The lowest BCUT2D eigenvalue weighted by Crippen LogP contribution is -2.04. The average molecular weight is 278 g/mol. The minimum atomic E-state index is -4.39. The van der Waals surface area contributed by atoms with E-state index in [0.29, 0.717) is 5.56 Å². The number of hydrogen-bond donors (Lipinski definition) is 1. The molecule has 2 rings (SSSR count). The van der Waals surface area contributed by atoms with Gasteiger partial charge in [-0.3, -0.25) is 0 Å². The van der Waals surface area contributed by atoms with Gasteiger partial charge in [-0.1, -0.05) is 28.9 Å². The summed E-state index contributed by atoms with van der Waals surface area (Å²) in [6.45, 7) is -0.424. The smallest absolute Gasteiger partial charge is 0.388 e. The zero-order valence-electron chi connectivity index (χ0n) is 8.83. The van der Waals surface area contributed by atoms with Crippen LogP contribution in [0.2, 0.25) is 5.02 Å². The van der Waals surface area contributed by atoms with Crippen molar-refractivity contribution >= 4 is 11.6 Å². The van der Waals surface area contributed by atoms with Crippen molar-refractivity contribution in [2.75, 3.05) is 0 Å². The molecule has 1 aromatic heterocycles. The monoisotopic (exact) mass is 277 g/mol. The Morgan fingerprint density at radius 2 is 1.83 bits per heavy atom. The van der Waals surface area contributed by atoms with Gasteiger partial charge in [0.05, 0.1) is 5.56 Å². The third-order valence-corrected chi connectivity index (χ3v) is 2.72. The Balaban J connectivity index is 2.37. The SMILES string of the molecule is OCc1onc(-c2ccc(C(F)(F)F)cc2)c1Cl. The van der Waals surface area contributed by atoms with Crippen LogP contribution in [0.5, 0.6) is 0 Å². The molecule has 1 N–H and O–H groups in total. The molecule has 0 saturated heterocycles. The van der Waals surface area contributed by atoms with Gasteiger partial charge < -0.3 is 9.63 Å². The molecule has 0 amide bonds. The molecule has 0 atom stereocenters. The molecule has 0 aliphatic heterocycles. The quantitative estimate of drug-likeness (QED) is 0.914. The summed E-state index contributed by atoms with van der Waals surface area (Å²) in [5.74, 6) is 0.0755. The van der Waals surface area contributed by atoms with Gasteiger partial charge in [-0.15, -0.1) is 0 Å². The molecule has 0 fully saturated rings.